The van der Waals surface area contributed by atoms with Crippen molar-refractivity contribution >= 4 is 11.6 Å². The Morgan fingerprint density at radius 2 is 2.00 bits per heavy atom. The summed E-state index contributed by atoms with van der Waals surface area (Å²) in [5, 5.41) is 6.77. The predicted octanol–water partition coefficient (Wildman–Crippen LogP) is 3.09. The van der Waals surface area contributed by atoms with E-state index in [0.29, 0.717) is 31.0 Å². The highest BCUT2D eigenvalue weighted by Crippen LogP contribution is 2.15. The van der Waals surface area contributed by atoms with E-state index in [2.05, 4.69) is 20.4 Å². The van der Waals surface area contributed by atoms with E-state index in [1.807, 2.05) is 42.5 Å². The fourth-order valence-corrected chi connectivity index (χ4v) is 2.11. The maximum atomic E-state index is 11.8. The van der Waals surface area contributed by atoms with Crippen molar-refractivity contribution in [2.75, 3.05) is 5.32 Å². The monoisotopic (exact) mass is 308 g/mol. The molecule has 1 aromatic carbocycles. The highest BCUT2D eigenvalue weighted by molar-refractivity contribution is 5.90. The second-order valence-electron chi connectivity index (χ2n) is 5.02. The maximum Gasteiger partial charge on any atom is 0.226 e. The molecule has 23 heavy (non-hydrogen) atoms. The molecule has 0 fully saturated rings. The highest BCUT2D eigenvalue weighted by Gasteiger charge is 2.09. The number of aromatic nitrogens is 3. The summed E-state index contributed by atoms with van der Waals surface area (Å²) in [6.07, 6.45) is 4.99. The van der Waals surface area contributed by atoms with Crippen LogP contribution in [0.2, 0.25) is 0 Å². The first kappa shape index (κ1) is 14.9. The summed E-state index contributed by atoms with van der Waals surface area (Å²) in [6, 6.07) is 13.1. The largest absolute Gasteiger partial charge is 0.339 e. The van der Waals surface area contributed by atoms with Gasteiger partial charge in [0.2, 0.25) is 17.6 Å². The lowest BCUT2D eigenvalue weighted by Crippen LogP contribution is -2.11. The van der Waals surface area contributed by atoms with Gasteiger partial charge in [0, 0.05) is 36.5 Å². The van der Waals surface area contributed by atoms with Crippen LogP contribution in [-0.4, -0.2) is 21.0 Å². The number of aryl methyl sites for hydroxylation is 1. The van der Waals surface area contributed by atoms with Gasteiger partial charge in [0.05, 0.1) is 0 Å². The van der Waals surface area contributed by atoms with Crippen molar-refractivity contribution in [2.24, 2.45) is 0 Å². The fraction of sp³-hybridized carbons (Fsp3) is 0.176. The average molecular weight is 308 g/mol. The Hall–Kier alpha value is -3.02. The molecule has 2 heterocycles. The highest BCUT2D eigenvalue weighted by atomic mass is 16.5. The number of benzene rings is 1. The van der Waals surface area contributed by atoms with Crippen molar-refractivity contribution in [3.63, 3.8) is 0 Å². The van der Waals surface area contributed by atoms with Gasteiger partial charge in [0.1, 0.15) is 0 Å². The number of carbonyl (C=O) groups is 1. The van der Waals surface area contributed by atoms with Gasteiger partial charge in [0.15, 0.2) is 0 Å². The van der Waals surface area contributed by atoms with Gasteiger partial charge in [-0.15, -0.1) is 0 Å². The summed E-state index contributed by atoms with van der Waals surface area (Å²) in [5.41, 5.74) is 1.61. The van der Waals surface area contributed by atoms with E-state index in [-0.39, 0.29) is 5.91 Å². The number of nitrogens with zero attached hydrogens (tertiary/aromatic N) is 3. The van der Waals surface area contributed by atoms with Gasteiger partial charge >= 0.3 is 0 Å². The average Bonchev–Trinajstić information content (AvgIpc) is 3.05. The van der Waals surface area contributed by atoms with E-state index in [1.54, 1.807) is 12.4 Å². The first-order chi connectivity index (χ1) is 11.3. The van der Waals surface area contributed by atoms with E-state index in [1.165, 1.54) is 0 Å². The van der Waals surface area contributed by atoms with Gasteiger partial charge in [-0.05, 0) is 30.7 Å². The molecule has 6 nitrogen and oxygen atoms in total. The molecule has 0 spiro atoms. The molecule has 6 heteroatoms. The molecule has 116 valence electrons. The lowest BCUT2D eigenvalue weighted by atomic mass is 10.2. The van der Waals surface area contributed by atoms with Crippen molar-refractivity contribution in [1.82, 2.24) is 15.1 Å². The standard InChI is InChI=1S/C17H16N4O2/c22-15(19-14-7-2-1-3-8-14)9-4-10-16-20-17(21-23-16)13-6-5-11-18-12-13/h1-3,5-8,11-12H,4,9-10H2,(H,19,22). The Balaban J connectivity index is 1.48. The molecule has 0 aliphatic rings. The van der Waals surface area contributed by atoms with E-state index in [0.717, 1.165) is 11.3 Å². The molecule has 2 aromatic heterocycles. The molecule has 0 unspecified atom stereocenters. The summed E-state index contributed by atoms with van der Waals surface area (Å²) < 4.78 is 5.20. The quantitative estimate of drug-likeness (QED) is 0.756. The number of hydrogen-bond acceptors (Lipinski definition) is 5. The smallest absolute Gasteiger partial charge is 0.226 e. The number of para-hydroxylation sites is 1. The van der Waals surface area contributed by atoms with Gasteiger partial charge in [-0.3, -0.25) is 9.78 Å². The van der Waals surface area contributed by atoms with Crippen molar-refractivity contribution in [3.8, 4) is 11.4 Å². The van der Waals surface area contributed by atoms with Crippen molar-refractivity contribution in [3.05, 3.63) is 60.7 Å². The molecule has 0 aliphatic heterocycles. The summed E-state index contributed by atoms with van der Waals surface area (Å²) in [4.78, 5) is 20.2. The minimum atomic E-state index is -0.0248. The van der Waals surface area contributed by atoms with Crippen LogP contribution in [0.3, 0.4) is 0 Å². The molecular formula is C17H16N4O2. The van der Waals surface area contributed by atoms with Gasteiger partial charge in [-0.2, -0.15) is 4.98 Å². The Morgan fingerprint density at radius 3 is 2.78 bits per heavy atom. The third-order valence-electron chi connectivity index (χ3n) is 3.24. The lowest BCUT2D eigenvalue weighted by molar-refractivity contribution is -0.116. The minimum absolute atomic E-state index is 0.0248. The van der Waals surface area contributed by atoms with Crippen molar-refractivity contribution in [1.29, 1.82) is 0 Å². The zero-order valence-electron chi connectivity index (χ0n) is 12.5. The van der Waals surface area contributed by atoms with Crippen LogP contribution in [0.5, 0.6) is 0 Å². The van der Waals surface area contributed by atoms with E-state index >= 15 is 0 Å². The summed E-state index contributed by atoms with van der Waals surface area (Å²) in [6.45, 7) is 0. The number of anilines is 1. The molecule has 0 saturated carbocycles. The van der Waals surface area contributed by atoms with E-state index < -0.39 is 0 Å². The number of rotatable bonds is 6. The van der Waals surface area contributed by atoms with E-state index in [9.17, 15) is 4.79 Å². The molecule has 0 bridgehead atoms. The van der Waals surface area contributed by atoms with Gasteiger partial charge in [-0.1, -0.05) is 23.4 Å². The predicted molar refractivity (Wildman–Crippen MR) is 85.5 cm³/mol. The van der Waals surface area contributed by atoms with Gasteiger partial charge in [-0.25, -0.2) is 0 Å². The maximum absolute atomic E-state index is 11.8. The molecule has 0 aliphatic carbocycles. The van der Waals surface area contributed by atoms with Crippen LogP contribution in [0.4, 0.5) is 5.69 Å². The number of hydrogen-bond donors (Lipinski definition) is 1. The Labute approximate surface area is 133 Å². The molecular weight excluding hydrogens is 292 g/mol. The fourth-order valence-electron chi connectivity index (χ4n) is 2.11. The topological polar surface area (TPSA) is 80.9 Å². The Morgan fingerprint density at radius 1 is 1.13 bits per heavy atom. The first-order valence-corrected chi connectivity index (χ1v) is 7.39. The van der Waals surface area contributed by atoms with Crippen LogP contribution in [0.15, 0.2) is 59.4 Å². The summed E-state index contributed by atoms with van der Waals surface area (Å²) >= 11 is 0. The number of amides is 1. The van der Waals surface area contributed by atoms with Crippen LogP contribution < -0.4 is 5.32 Å². The number of pyridine rings is 1. The third-order valence-corrected chi connectivity index (χ3v) is 3.24. The van der Waals surface area contributed by atoms with Crippen LogP contribution in [-0.2, 0) is 11.2 Å². The number of carbonyl (C=O) groups excluding carboxylic acids is 1. The molecule has 0 saturated heterocycles. The Kier molecular flexibility index (Phi) is 4.73. The summed E-state index contributed by atoms with van der Waals surface area (Å²) in [7, 11) is 0. The summed E-state index contributed by atoms with van der Waals surface area (Å²) in [5.74, 6) is 1.02. The molecule has 1 N–H and O–H groups in total. The van der Waals surface area contributed by atoms with Crippen LogP contribution in [0.25, 0.3) is 11.4 Å². The number of nitrogens with one attached hydrogen (secondary N) is 1. The zero-order valence-corrected chi connectivity index (χ0v) is 12.5. The molecule has 1 amide bonds. The van der Waals surface area contributed by atoms with Gasteiger partial charge in [0.25, 0.3) is 0 Å². The molecule has 0 radical (unpaired) electrons. The van der Waals surface area contributed by atoms with E-state index in [4.69, 9.17) is 4.52 Å². The van der Waals surface area contributed by atoms with Gasteiger partial charge < -0.3 is 9.84 Å². The lowest BCUT2D eigenvalue weighted by Gasteiger charge is -2.03. The zero-order chi connectivity index (χ0) is 15.9. The van der Waals surface area contributed by atoms with Crippen LogP contribution in [0, 0.1) is 0 Å². The van der Waals surface area contributed by atoms with Crippen molar-refractivity contribution in [2.45, 2.75) is 19.3 Å². The normalized spacial score (nSPS) is 10.4. The molecule has 3 aromatic rings. The van der Waals surface area contributed by atoms with Crippen LogP contribution in [0.1, 0.15) is 18.7 Å². The van der Waals surface area contributed by atoms with Crippen molar-refractivity contribution < 1.29 is 9.32 Å². The van der Waals surface area contributed by atoms with Crippen LogP contribution >= 0.6 is 0 Å². The second-order valence-corrected chi connectivity index (χ2v) is 5.02. The molecule has 3 rings (SSSR count). The Bertz CT molecular complexity index is 757. The first-order valence-electron chi connectivity index (χ1n) is 7.39. The third kappa shape index (κ3) is 4.23. The minimum Gasteiger partial charge on any atom is -0.339 e. The second kappa shape index (κ2) is 7.31. The molecule has 0 atom stereocenters. The SMILES string of the molecule is O=C(CCCc1nc(-c2cccnc2)no1)Nc1ccccc1.